The largest absolute Gasteiger partial charge is 0.356 e. The van der Waals surface area contributed by atoms with Crippen LogP contribution in [0, 0.1) is 0 Å². The second kappa shape index (κ2) is 25.2. The molecule has 0 aromatic heterocycles. The van der Waals surface area contributed by atoms with Gasteiger partial charge in [-0.1, -0.05) is 96.1 Å². The maximum absolute atomic E-state index is 11.6. The van der Waals surface area contributed by atoms with Crippen LogP contribution < -0.4 is 11.1 Å². The van der Waals surface area contributed by atoms with Crippen LogP contribution in [0.5, 0.6) is 0 Å². The minimum absolute atomic E-state index is 0.209. The molecule has 0 radical (unpaired) electrons. The first-order chi connectivity index (χ1) is 14.3. The Morgan fingerprint density at radius 2 is 1.14 bits per heavy atom. The van der Waals surface area contributed by atoms with E-state index < -0.39 is 0 Å². The second-order valence-corrected chi connectivity index (χ2v) is 8.59. The Morgan fingerprint density at radius 3 is 1.66 bits per heavy atom. The molecule has 29 heavy (non-hydrogen) atoms. The van der Waals surface area contributed by atoms with Gasteiger partial charge in [0, 0.05) is 13.0 Å². The third kappa shape index (κ3) is 25.1. The van der Waals surface area contributed by atoms with Gasteiger partial charge < -0.3 is 11.1 Å². The van der Waals surface area contributed by atoms with Crippen molar-refractivity contribution < 1.29 is 4.79 Å². The highest BCUT2D eigenvalue weighted by atomic mass is 16.1. The van der Waals surface area contributed by atoms with Gasteiger partial charge >= 0.3 is 0 Å². The molecule has 172 valence electrons. The van der Waals surface area contributed by atoms with Gasteiger partial charge in [0.1, 0.15) is 0 Å². The van der Waals surface area contributed by atoms with E-state index in [-0.39, 0.29) is 5.91 Å². The monoisotopic (exact) mass is 408 g/mol. The number of nitrogens with one attached hydrogen (secondary N) is 1. The third-order valence-corrected chi connectivity index (χ3v) is 5.62. The molecule has 0 aromatic carbocycles. The first-order valence-corrected chi connectivity index (χ1v) is 12.9. The normalized spacial score (nSPS) is 11.4. The zero-order valence-electron chi connectivity index (χ0n) is 19.7. The number of hydrogen-bond donors (Lipinski definition) is 2. The van der Waals surface area contributed by atoms with Crippen LogP contribution in [0.1, 0.15) is 135 Å². The molecule has 0 unspecified atom stereocenters. The van der Waals surface area contributed by atoms with Crippen LogP contribution in [0.3, 0.4) is 0 Å². The van der Waals surface area contributed by atoms with E-state index in [4.69, 9.17) is 5.73 Å². The van der Waals surface area contributed by atoms with E-state index in [0.29, 0.717) is 13.0 Å². The van der Waals surface area contributed by atoms with E-state index in [9.17, 15) is 4.79 Å². The van der Waals surface area contributed by atoms with Gasteiger partial charge in [-0.2, -0.15) is 0 Å². The average Bonchev–Trinajstić information content (AvgIpc) is 2.73. The van der Waals surface area contributed by atoms with E-state index >= 15 is 0 Å². The molecular formula is C26H52N2O. The van der Waals surface area contributed by atoms with Crippen LogP contribution in [0.15, 0.2) is 12.2 Å². The molecule has 3 nitrogen and oxygen atoms in total. The van der Waals surface area contributed by atoms with Crippen molar-refractivity contribution in [3.05, 3.63) is 12.2 Å². The molecule has 0 aliphatic carbocycles. The van der Waals surface area contributed by atoms with Gasteiger partial charge in [0.2, 0.25) is 5.91 Å². The van der Waals surface area contributed by atoms with Crippen molar-refractivity contribution in [2.75, 3.05) is 13.1 Å². The summed E-state index contributed by atoms with van der Waals surface area (Å²) in [6.07, 6.45) is 30.1. The summed E-state index contributed by atoms with van der Waals surface area (Å²) in [5, 5.41) is 2.98. The van der Waals surface area contributed by atoms with E-state index in [1.54, 1.807) is 0 Å². The van der Waals surface area contributed by atoms with Gasteiger partial charge in [-0.25, -0.2) is 0 Å². The van der Waals surface area contributed by atoms with Crippen LogP contribution in [0.4, 0.5) is 0 Å². The summed E-state index contributed by atoms with van der Waals surface area (Å²) in [7, 11) is 0. The highest BCUT2D eigenvalue weighted by molar-refractivity contribution is 5.75. The summed E-state index contributed by atoms with van der Waals surface area (Å²) in [4.78, 5) is 11.6. The second-order valence-electron chi connectivity index (χ2n) is 8.59. The van der Waals surface area contributed by atoms with Gasteiger partial charge in [-0.05, 0) is 51.5 Å². The van der Waals surface area contributed by atoms with Crippen molar-refractivity contribution in [3.8, 4) is 0 Å². The fraction of sp³-hybridized carbons (Fsp3) is 0.885. The maximum Gasteiger partial charge on any atom is 0.219 e. The lowest BCUT2D eigenvalue weighted by molar-refractivity contribution is -0.121. The summed E-state index contributed by atoms with van der Waals surface area (Å²) >= 11 is 0. The number of unbranched alkanes of at least 4 members (excludes halogenated alkanes) is 16. The van der Waals surface area contributed by atoms with Crippen molar-refractivity contribution in [2.24, 2.45) is 5.73 Å². The fourth-order valence-electron chi connectivity index (χ4n) is 3.65. The molecule has 0 spiro atoms. The fourth-order valence-corrected chi connectivity index (χ4v) is 3.65. The van der Waals surface area contributed by atoms with Crippen molar-refractivity contribution in [3.63, 3.8) is 0 Å². The summed E-state index contributed by atoms with van der Waals surface area (Å²) in [6, 6.07) is 0. The topological polar surface area (TPSA) is 55.1 Å². The molecule has 0 aliphatic rings. The lowest BCUT2D eigenvalue weighted by Crippen LogP contribution is -2.24. The van der Waals surface area contributed by atoms with E-state index in [1.165, 1.54) is 103 Å². The zero-order valence-corrected chi connectivity index (χ0v) is 19.7. The third-order valence-electron chi connectivity index (χ3n) is 5.62. The smallest absolute Gasteiger partial charge is 0.219 e. The Hall–Kier alpha value is -0.830. The van der Waals surface area contributed by atoms with Crippen LogP contribution in [-0.2, 0) is 4.79 Å². The Balaban J connectivity index is 3.16. The predicted octanol–water partition coefficient (Wildman–Crippen LogP) is 7.44. The van der Waals surface area contributed by atoms with Gasteiger partial charge in [-0.15, -0.1) is 0 Å². The number of hydrogen-bond acceptors (Lipinski definition) is 2. The number of carbonyl (C=O) groups is 1. The van der Waals surface area contributed by atoms with Crippen molar-refractivity contribution in [2.45, 2.75) is 135 Å². The minimum Gasteiger partial charge on any atom is -0.356 e. The molecular weight excluding hydrogens is 356 g/mol. The van der Waals surface area contributed by atoms with E-state index in [2.05, 4.69) is 24.4 Å². The van der Waals surface area contributed by atoms with Crippen molar-refractivity contribution >= 4 is 5.91 Å². The van der Waals surface area contributed by atoms with Crippen LogP contribution >= 0.6 is 0 Å². The lowest BCUT2D eigenvalue weighted by atomic mass is 10.1. The van der Waals surface area contributed by atoms with Gasteiger partial charge in [-0.3, -0.25) is 4.79 Å². The van der Waals surface area contributed by atoms with Crippen molar-refractivity contribution in [1.29, 1.82) is 0 Å². The average molecular weight is 409 g/mol. The van der Waals surface area contributed by atoms with Gasteiger partial charge in [0.05, 0.1) is 0 Å². The van der Waals surface area contributed by atoms with Crippen molar-refractivity contribution in [1.82, 2.24) is 5.32 Å². The highest BCUT2D eigenvalue weighted by Gasteiger charge is 2.00. The number of allylic oxidation sites excluding steroid dienone is 2. The van der Waals surface area contributed by atoms with Crippen LogP contribution in [-0.4, -0.2) is 19.0 Å². The molecule has 0 heterocycles. The lowest BCUT2D eigenvalue weighted by Gasteiger charge is -2.04. The summed E-state index contributed by atoms with van der Waals surface area (Å²) in [6.45, 7) is 3.78. The van der Waals surface area contributed by atoms with E-state index in [0.717, 1.165) is 25.8 Å². The highest BCUT2D eigenvalue weighted by Crippen LogP contribution is 2.12. The first-order valence-electron chi connectivity index (χ1n) is 12.9. The maximum atomic E-state index is 11.6. The molecule has 1 amide bonds. The summed E-state index contributed by atoms with van der Waals surface area (Å²) in [5.74, 6) is 0.209. The number of carbonyl (C=O) groups excluding carboxylic acids is 1. The van der Waals surface area contributed by atoms with Gasteiger partial charge in [0.25, 0.3) is 0 Å². The molecule has 0 atom stereocenters. The summed E-state index contributed by atoms with van der Waals surface area (Å²) in [5.41, 5.74) is 5.44. The Kier molecular flexibility index (Phi) is 24.5. The van der Waals surface area contributed by atoms with E-state index in [1.807, 2.05) is 0 Å². The molecule has 0 saturated heterocycles. The SMILES string of the molecule is CCCCCCCCCC/C=C\CCCCCCCCCC(=O)NCCCCN. The molecule has 0 aromatic rings. The predicted molar refractivity (Wildman–Crippen MR) is 129 cm³/mol. The Bertz CT molecular complexity index is 355. The summed E-state index contributed by atoms with van der Waals surface area (Å²) < 4.78 is 0. The Morgan fingerprint density at radius 1 is 0.655 bits per heavy atom. The number of nitrogens with two attached hydrogens (primary N) is 1. The standard InChI is InChI=1S/C26H52N2O/c1-2-3-4-5-6-7-8-9-10-11-12-13-14-15-16-17-18-19-20-23-26(29)28-25-22-21-24-27/h11-12H,2-10,13-25,27H2,1H3,(H,28,29)/b12-11-. The van der Waals surface area contributed by atoms with Crippen LogP contribution in [0.25, 0.3) is 0 Å². The van der Waals surface area contributed by atoms with Gasteiger partial charge in [0.15, 0.2) is 0 Å². The number of rotatable bonds is 23. The molecule has 3 heteroatoms. The number of amides is 1. The molecule has 0 saturated carbocycles. The zero-order chi connectivity index (χ0) is 21.3. The Labute approximate surface area is 182 Å². The minimum atomic E-state index is 0.209. The quantitative estimate of drug-likeness (QED) is 0.136. The molecule has 0 fully saturated rings. The molecule has 0 bridgehead atoms. The molecule has 0 aliphatic heterocycles. The molecule has 3 N–H and O–H groups in total. The molecule has 0 rings (SSSR count). The first kappa shape index (κ1) is 28.2. The van der Waals surface area contributed by atoms with Crippen LogP contribution in [0.2, 0.25) is 0 Å².